The van der Waals surface area contributed by atoms with E-state index in [-0.39, 0.29) is 35.0 Å². The fraction of sp³-hybridized carbons (Fsp3) is 0.400. The summed E-state index contributed by atoms with van der Waals surface area (Å²) in [4.78, 5) is 31.8. The van der Waals surface area contributed by atoms with Gasteiger partial charge in [-0.2, -0.15) is 45.6 Å². The van der Waals surface area contributed by atoms with E-state index < -0.39 is 167 Å². The summed E-state index contributed by atoms with van der Waals surface area (Å²) in [5.74, 6) is -13.5. The van der Waals surface area contributed by atoms with Crippen LogP contribution in [0, 0.1) is 17.6 Å². The van der Waals surface area contributed by atoms with E-state index in [0.29, 0.717) is 27.4 Å². The fourth-order valence-corrected chi connectivity index (χ4v) is 9.64. The maximum atomic E-state index is 15.4. The number of fused-ring (bicyclic) bond motifs is 4. The van der Waals surface area contributed by atoms with Crippen LogP contribution in [0.15, 0.2) is 41.2 Å². The standard InChI is InChI=1S/C35H26ClF11N8O7S2/c36-19-3-4-21(29-27(19)32(51-53(29)11-22(39)40)52-63(58,59)16-1-2-16)55-25(57)10-24(62-64(60,61)35(45,46)47)49-33(55)20(7-13-5-14(37)8-15(38)6-13)48-23(56)12-54-30-26(28(50-54)31(41)42)17-9-18(17)34(30,43)44/h3-6,8,10,16-18,20,22,31H,1-2,7,9,11-12H2,(H,48,56)(H,51,52)/t17-,18+,20-/m0/s1. The van der Waals surface area contributed by atoms with Gasteiger partial charge >= 0.3 is 15.6 Å². The lowest BCUT2D eigenvalue weighted by Gasteiger charge is -2.24. The van der Waals surface area contributed by atoms with Gasteiger partial charge in [0.25, 0.3) is 24.3 Å². The summed E-state index contributed by atoms with van der Waals surface area (Å²) in [6.45, 7) is -2.65. The van der Waals surface area contributed by atoms with Crippen molar-refractivity contribution in [3.05, 3.63) is 91.7 Å². The molecule has 2 fully saturated rings. The second-order valence-corrected chi connectivity index (χ2v) is 18.9. The van der Waals surface area contributed by atoms with E-state index in [0.717, 1.165) is 12.1 Å². The molecule has 0 unspecified atom stereocenters. The van der Waals surface area contributed by atoms with Crippen LogP contribution in [0.4, 0.5) is 54.1 Å². The Hall–Kier alpha value is -5.51. The largest absolute Gasteiger partial charge is 0.534 e. The van der Waals surface area contributed by atoms with Crippen molar-refractivity contribution in [2.24, 2.45) is 5.92 Å². The minimum Gasteiger partial charge on any atom is -0.355 e. The van der Waals surface area contributed by atoms with Gasteiger partial charge in [-0.15, -0.1) is 0 Å². The number of carbonyl (C=O) groups excluding carboxylic acids is 1. The van der Waals surface area contributed by atoms with Crippen LogP contribution in [0.1, 0.15) is 66.0 Å². The Morgan fingerprint density at radius 3 is 2.27 bits per heavy atom. The zero-order valence-corrected chi connectivity index (χ0v) is 34.0. The van der Waals surface area contributed by atoms with Crippen LogP contribution < -0.4 is 19.8 Å². The molecule has 3 aliphatic rings. The van der Waals surface area contributed by atoms with Gasteiger partial charge in [0.05, 0.1) is 39.0 Å². The average molecular weight is 979 g/mol. The molecular formula is C35H26ClF11N8O7S2. The van der Waals surface area contributed by atoms with Crippen LogP contribution in [0.25, 0.3) is 16.6 Å². The summed E-state index contributed by atoms with van der Waals surface area (Å²) in [5, 5.41) is 7.91. The number of amides is 1. The van der Waals surface area contributed by atoms with Crippen molar-refractivity contribution in [2.75, 3.05) is 4.72 Å². The number of alkyl halides is 9. The number of anilines is 1. The molecule has 344 valence electrons. The molecule has 3 heterocycles. The first-order valence-corrected chi connectivity index (χ1v) is 21.8. The number of hydrogen-bond donors (Lipinski definition) is 2. The summed E-state index contributed by atoms with van der Waals surface area (Å²) < 4.78 is 215. The maximum Gasteiger partial charge on any atom is 0.534 e. The molecule has 5 aromatic rings. The molecule has 2 aromatic carbocycles. The number of nitrogens with zero attached hydrogens (tertiary/aromatic N) is 6. The van der Waals surface area contributed by atoms with E-state index >= 15 is 8.78 Å². The molecular weight excluding hydrogens is 953 g/mol. The lowest BCUT2D eigenvalue weighted by molar-refractivity contribution is -0.123. The van der Waals surface area contributed by atoms with Crippen molar-refractivity contribution < 1.29 is 74.1 Å². The lowest BCUT2D eigenvalue weighted by atomic mass is 10.0. The van der Waals surface area contributed by atoms with Crippen LogP contribution >= 0.6 is 11.6 Å². The molecule has 0 saturated heterocycles. The molecule has 29 heteroatoms. The van der Waals surface area contributed by atoms with Crippen molar-refractivity contribution >= 4 is 54.4 Å². The summed E-state index contributed by atoms with van der Waals surface area (Å²) in [6.07, 6.45) is -7.32. The molecule has 0 spiro atoms. The minimum absolute atomic E-state index is 0.0742. The third-order valence-corrected chi connectivity index (χ3v) is 13.5. The zero-order valence-electron chi connectivity index (χ0n) is 31.6. The molecule has 0 bridgehead atoms. The number of sulfonamides is 1. The minimum atomic E-state index is -6.64. The van der Waals surface area contributed by atoms with Crippen molar-refractivity contribution in [3.8, 4) is 11.6 Å². The van der Waals surface area contributed by atoms with Crippen molar-refractivity contribution in [1.29, 1.82) is 0 Å². The summed E-state index contributed by atoms with van der Waals surface area (Å²) >= 11 is 6.45. The normalized spacial score (nSPS) is 18.7. The Labute approximate surface area is 356 Å². The molecule has 3 aromatic heterocycles. The second kappa shape index (κ2) is 15.6. The van der Waals surface area contributed by atoms with Gasteiger partial charge in [-0.05, 0) is 55.0 Å². The van der Waals surface area contributed by atoms with Crippen LogP contribution in [0.5, 0.6) is 5.88 Å². The molecule has 8 rings (SSSR count). The highest BCUT2D eigenvalue weighted by Crippen LogP contribution is 2.68. The van der Waals surface area contributed by atoms with Gasteiger partial charge in [0, 0.05) is 24.0 Å². The monoisotopic (exact) mass is 978 g/mol. The van der Waals surface area contributed by atoms with E-state index in [9.17, 15) is 65.9 Å². The SMILES string of the molecule is O=C(Cn1nc(C(F)F)c2c1C(F)(F)[C@@H]1C[C@H]21)N[C@@H](Cc1cc(F)cc(F)c1)c1nc(OS(=O)(=O)C(F)(F)F)cc(=O)n1-c1ccc(Cl)c2c(NS(=O)(=O)C3CC3)nn(CC(F)F)c12. The Kier molecular flexibility index (Phi) is 11.0. The van der Waals surface area contributed by atoms with Gasteiger partial charge in [0.2, 0.25) is 21.8 Å². The Bertz CT molecular complexity index is 3010. The van der Waals surface area contributed by atoms with E-state index in [1.165, 1.54) is 0 Å². The van der Waals surface area contributed by atoms with E-state index in [2.05, 4.69) is 29.4 Å². The van der Waals surface area contributed by atoms with E-state index in [1.54, 1.807) is 0 Å². The fourth-order valence-electron chi connectivity index (χ4n) is 7.66. The molecule has 2 saturated carbocycles. The zero-order chi connectivity index (χ0) is 46.6. The Morgan fingerprint density at radius 2 is 1.66 bits per heavy atom. The number of benzene rings is 2. The highest BCUT2D eigenvalue weighted by atomic mass is 35.5. The topological polar surface area (TPSA) is 189 Å². The van der Waals surface area contributed by atoms with Crippen LogP contribution in [-0.2, 0) is 50.4 Å². The summed E-state index contributed by atoms with van der Waals surface area (Å²) in [6, 6.07) is 1.54. The molecule has 15 nitrogen and oxygen atoms in total. The lowest BCUT2D eigenvalue weighted by Crippen LogP contribution is -2.38. The highest BCUT2D eigenvalue weighted by Gasteiger charge is 2.67. The number of carbonyl (C=O) groups is 1. The van der Waals surface area contributed by atoms with E-state index in [4.69, 9.17) is 11.6 Å². The number of hydrogen-bond acceptors (Lipinski definition) is 10. The predicted molar refractivity (Wildman–Crippen MR) is 198 cm³/mol. The second-order valence-electron chi connectivity index (χ2n) is 14.9. The summed E-state index contributed by atoms with van der Waals surface area (Å²) in [7, 11) is -10.9. The molecule has 3 aliphatic carbocycles. The van der Waals surface area contributed by atoms with Gasteiger partial charge in [-0.1, -0.05) is 11.6 Å². The van der Waals surface area contributed by atoms with Crippen molar-refractivity contribution in [2.45, 2.75) is 80.3 Å². The van der Waals surface area contributed by atoms with Crippen LogP contribution in [0.3, 0.4) is 0 Å². The third kappa shape index (κ3) is 8.22. The number of rotatable bonds is 15. The summed E-state index contributed by atoms with van der Waals surface area (Å²) in [5.41, 5.74) is -12.0. The van der Waals surface area contributed by atoms with Gasteiger partial charge in [0.15, 0.2) is 5.82 Å². The Balaban J connectivity index is 1.33. The molecule has 3 atom stereocenters. The first-order chi connectivity index (χ1) is 29.8. The molecule has 1 amide bonds. The average Bonchev–Trinajstić information content (AvgIpc) is 4.08. The highest BCUT2D eigenvalue weighted by molar-refractivity contribution is 7.93. The van der Waals surface area contributed by atoms with Crippen molar-refractivity contribution in [3.63, 3.8) is 0 Å². The van der Waals surface area contributed by atoms with Crippen molar-refractivity contribution in [1.82, 2.24) is 34.4 Å². The number of aromatic nitrogens is 6. The number of nitrogens with one attached hydrogen (secondary N) is 2. The first-order valence-electron chi connectivity index (χ1n) is 18.4. The van der Waals surface area contributed by atoms with E-state index in [1.807, 2.05) is 0 Å². The van der Waals surface area contributed by atoms with Crippen LogP contribution in [-0.4, -0.2) is 69.0 Å². The quantitative estimate of drug-likeness (QED) is 0.0679. The molecule has 2 N–H and O–H groups in total. The smallest absolute Gasteiger partial charge is 0.355 e. The molecule has 0 radical (unpaired) electrons. The Morgan fingerprint density at radius 1 is 0.984 bits per heavy atom. The predicted octanol–water partition coefficient (Wildman–Crippen LogP) is 6.35. The van der Waals surface area contributed by atoms with Gasteiger partial charge < -0.3 is 9.50 Å². The number of halogens is 12. The first kappa shape index (κ1) is 45.1. The van der Waals surface area contributed by atoms with Crippen LogP contribution in [0.2, 0.25) is 5.02 Å². The van der Waals surface area contributed by atoms with Gasteiger partial charge in [-0.3, -0.25) is 28.2 Å². The van der Waals surface area contributed by atoms with Gasteiger partial charge in [0.1, 0.15) is 41.9 Å². The third-order valence-electron chi connectivity index (χ3n) is 10.4. The van der Waals surface area contributed by atoms with Gasteiger partial charge in [-0.25, -0.2) is 34.8 Å². The maximum absolute atomic E-state index is 15.4. The molecule has 64 heavy (non-hydrogen) atoms. The molecule has 0 aliphatic heterocycles.